The van der Waals surface area contributed by atoms with E-state index < -0.39 is 0 Å². The molecule has 1 aliphatic rings. The molecule has 146 valence electrons. The zero-order chi connectivity index (χ0) is 20.1. The van der Waals surface area contributed by atoms with Crippen molar-refractivity contribution in [3.05, 3.63) is 114 Å². The summed E-state index contributed by atoms with van der Waals surface area (Å²) in [7, 11) is 0. The van der Waals surface area contributed by atoms with Crippen LogP contribution in [0, 0.1) is 11.7 Å². The second kappa shape index (κ2) is 8.87. The van der Waals surface area contributed by atoms with Crippen LogP contribution in [0.1, 0.15) is 35.4 Å². The first-order valence-electron chi connectivity index (χ1n) is 9.93. The number of hydrogen-bond acceptors (Lipinski definition) is 2. The first-order chi connectivity index (χ1) is 14.2. The van der Waals surface area contributed by atoms with E-state index in [0.717, 1.165) is 23.3 Å². The van der Waals surface area contributed by atoms with Gasteiger partial charge in [-0.2, -0.15) is 0 Å². The Labute approximate surface area is 170 Å². The van der Waals surface area contributed by atoms with Crippen LogP contribution < -0.4 is 4.74 Å². The summed E-state index contributed by atoms with van der Waals surface area (Å²) in [5, 5.41) is 0. The highest BCUT2D eigenvalue weighted by Crippen LogP contribution is 2.38. The van der Waals surface area contributed by atoms with Crippen LogP contribution in [0.15, 0.2) is 91.0 Å². The van der Waals surface area contributed by atoms with Crippen molar-refractivity contribution < 1.29 is 13.9 Å². The summed E-state index contributed by atoms with van der Waals surface area (Å²) in [6, 6.07) is 24.8. The van der Waals surface area contributed by atoms with Crippen molar-refractivity contribution in [2.45, 2.75) is 25.4 Å². The Morgan fingerprint density at radius 1 is 0.931 bits per heavy atom. The van der Waals surface area contributed by atoms with E-state index in [2.05, 4.69) is 0 Å². The van der Waals surface area contributed by atoms with Crippen LogP contribution in [0.3, 0.4) is 0 Å². The highest BCUT2D eigenvalue weighted by molar-refractivity contribution is 5.90. The Morgan fingerprint density at radius 3 is 2.34 bits per heavy atom. The molecule has 0 amide bonds. The predicted octanol–water partition coefficient (Wildman–Crippen LogP) is 6.07. The van der Waals surface area contributed by atoms with Crippen LogP contribution in [0.4, 0.5) is 4.39 Å². The molecular weight excluding hydrogens is 363 g/mol. The Hall–Kier alpha value is -3.20. The molecule has 3 aromatic carbocycles. The highest BCUT2D eigenvalue weighted by Gasteiger charge is 2.27. The van der Waals surface area contributed by atoms with E-state index in [9.17, 15) is 9.18 Å². The Kier molecular flexibility index (Phi) is 5.85. The summed E-state index contributed by atoms with van der Waals surface area (Å²) in [4.78, 5) is 11.6. The molecule has 4 rings (SSSR count). The third-order valence-electron chi connectivity index (χ3n) is 5.41. The van der Waals surface area contributed by atoms with E-state index in [-0.39, 0.29) is 23.4 Å². The fourth-order valence-corrected chi connectivity index (χ4v) is 3.89. The highest BCUT2D eigenvalue weighted by atomic mass is 19.1. The summed E-state index contributed by atoms with van der Waals surface area (Å²) in [6.45, 7) is 0.504. The number of allylic oxidation sites excluding steroid dienone is 2. The zero-order valence-corrected chi connectivity index (χ0v) is 16.1. The molecule has 0 bridgehead atoms. The van der Waals surface area contributed by atoms with Crippen LogP contribution >= 0.6 is 0 Å². The van der Waals surface area contributed by atoms with Crippen molar-refractivity contribution in [3.8, 4) is 5.75 Å². The molecule has 29 heavy (non-hydrogen) atoms. The third kappa shape index (κ3) is 4.62. The number of hydrogen-bond donors (Lipinski definition) is 0. The molecule has 3 aromatic rings. The van der Waals surface area contributed by atoms with Gasteiger partial charge in [0.05, 0.1) is 0 Å². The van der Waals surface area contributed by atoms with Gasteiger partial charge in [-0.05, 0) is 53.3 Å². The van der Waals surface area contributed by atoms with E-state index in [1.807, 2.05) is 72.8 Å². The quantitative estimate of drug-likeness (QED) is 0.514. The van der Waals surface area contributed by atoms with Crippen molar-refractivity contribution in [1.29, 1.82) is 0 Å². The number of benzene rings is 3. The molecular formula is C26H23FO2. The molecule has 3 heteroatoms. The largest absolute Gasteiger partial charge is 0.489 e. The summed E-state index contributed by atoms with van der Waals surface area (Å²) in [5.41, 5.74) is 2.79. The molecule has 0 N–H and O–H groups in total. The number of ketones is 1. The van der Waals surface area contributed by atoms with Crippen LogP contribution in [0.2, 0.25) is 0 Å². The number of ether oxygens (including phenoxy) is 1. The van der Waals surface area contributed by atoms with Gasteiger partial charge in [-0.15, -0.1) is 0 Å². The molecule has 0 spiro atoms. The molecule has 2 atom stereocenters. The lowest BCUT2D eigenvalue weighted by Gasteiger charge is -2.28. The molecule has 0 saturated heterocycles. The minimum atomic E-state index is -0.216. The Bertz CT molecular complexity index is 993. The minimum Gasteiger partial charge on any atom is -0.489 e. The maximum Gasteiger partial charge on any atom is 0.155 e. The molecule has 0 aromatic heterocycles. The van der Waals surface area contributed by atoms with Gasteiger partial charge in [0.1, 0.15) is 18.2 Å². The molecule has 1 aliphatic carbocycles. The maximum atomic E-state index is 14.6. The zero-order valence-electron chi connectivity index (χ0n) is 16.1. The van der Waals surface area contributed by atoms with Crippen molar-refractivity contribution in [2.75, 3.05) is 0 Å². The van der Waals surface area contributed by atoms with Gasteiger partial charge in [-0.1, -0.05) is 66.7 Å². The standard InChI is InChI=1S/C26H23FO2/c27-25-9-5-4-8-24(25)26(20-10-14-22(28)15-11-20)21-12-16-23(17-13-21)29-18-19-6-2-1-3-7-19/h1-10,12-14,16-17,20,26H,11,15,18H2. The van der Waals surface area contributed by atoms with Crippen LogP contribution in [-0.4, -0.2) is 5.78 Å². The van der Waals surface area contributed by atoms with Crippen molar-refractivity contribution >= 4 is 5.78 Å². The number of halogens is 1. The Balaban J connectivity index is 1.58. The first-order valence-corrected chi connectivity index (χ1v) is 9.93. The van der Waals surface area contributed by atoms with Gasteiger partial charge < -0.3 is 4.74 Å². The minimum absolute atomic E-state index is 0.0840. The average molecular weight is 386 g/mol. The molecule has 0 radical (unpaired) electrons. The van der Waals surface area contributed by atoms with E-state index in [1.54, 1.807) is 12.1 Å². The number of carbonyl (C=O) groups excluding carboxylic acids is 1. The monoisotopic (exact) mass is 386 g/mol. The Morgan fingerprint density at radius 2 is 1.66 bits per heavy atom. The summed E-state index contributed by atoms with van der Waals surface area (Å²) in [6.07, 6.45) is 4.80. The number of rotatable bonds is 6. The fourth-order valence-electron chi connectivity index (χ4n) is 3.89. The smallest absolute Gasteiger partial charge is 0.155 e. The second-order valence-electron chi connectivity index (χ2n) is 7.37. The average Bonchev–Trinajstić information content (AvgIpc) is 2.77. The van der Waals surface area contributed by atoms with E-state index in [4.69, 9.17) is 4.74 Å². The second-order valence-corrected chi connectivity index (χ2v) is 7.37. The van der Waals surface area contributed by atoms with E-state index in [1.165, 1.54) is 6.07 Å². The normalized spacial score (nSPS) is 17.1. The predicted molar refractivity (Wildman–Crippen MR) is 112 cm³/mol. The van der Waals surface area contributed by atoms with Gasteiger partial charge in [0.2, 0.25) is 0 Å². The molecule has 0 heterocycles. The van der Waals surface area contributed by atoms with Gasteiger partial charge in [-0.3, -0.25) is 4.79 Å². The van der Waals surface area contributed by atoms with Gasteiger partial charge in [0.25, 0.3) is 0 Å². The third-order valence-corrected chi connectivity index (χ3v) is 5.41. The maximum absolute atomic E-state index is 14.6. The molecule has 2 nitrogen and oxygen atoms in total. The van der Waals surface area contributed by atoms with Gasteiger partial charge in [-0.25, -0.2) is 4.39 Å². The first kappa shape index (κ1) is 19.1. The SMILES string of the molecule is O=C1C=CC(C(c2ccc(OCc3ccccc3)cc2)c2ccccc2F)CC1. The van der Waals surface area contributed by atoms with Crippen LogP contribution in [-0.2, 0) is 11.4 Å². The number of carbonyl (C=O) groups is 1. The molecule has 2 unspecified atom stereocenters. The van der Waals surface area contributed by atoms with Crippen molar-refractivity contribution in [3.63, 3.8) is 0 Å². The lowest BCUT2D eigenvalue weighted by molar-refractivity contribution is -0.115. The lowest BCUT2D eigenvalue weighted by Crippen LogP contribution is -2.18. The summed E-state index contributed by atoms with van der Waals surface area (Å²) < 4.78 is 20.5. The van der Waals surface area contributed by atoms with Crippen LogP contribution in [0.25, 0.3) is 0 Å². The van der Waals surface area contributed by atoms with Gasteiger partial charge >= 0.3 is 0 Å². The summed E-state index contributed by atoms with van der Waals surface area (Å²) >= 11 is 0. The van der Waals surface area contributed by atoms with Crippen molar-refractivity contribution in [2.24, 2.45) is 5.92 Å². The van der Waals surface area contributed by atoms with E-state index >= 15 is 0 Å². The molecule has 0 saturated carbocycles. The lowest BCUT2D eigenvalue weighted by atomic mass is 9.76. The summed E-state index contributed by atoms with van der Waals surface area (Å²) in [5.74, 6) is 0.647. The van der Waals surface area contributed by atoms with Gasteiger partial charge in [0.15, 0.2) is 5.78 Å². The van der Waals surface area contributed by atoms with Crippen LogP contribution in [0.5, 0.6) is 5.75 Å². The van der Waals surface area contributed by atoms with Gasteiger partial charge in [0, 0.05) is 12.3 Å². The molecule has 0 fully saturated rings. The topological polar surface area (TPSA) is 26.3 Å². The van der Waals surface area contributed by atoms with E-state index in [0.29, 0.717) is 18.6 Å². The fraction of sp³-hybridized carbons (Fsp3) is 0.192. The molecule has 0 aliphatic heterocycles. The van der Waals surface area contributed by atoms with Crippen molar-refractivity contribution in [1.82, 2.24) is 0 Å².